The lowest BCUT2D eigenvalue weighted by molar-refractivity contribution is -0.139. The van der Waals surface area contributed by atoms with E-state index in [0.717, 1.165) is 12.6 Å². The van der Waals surface area contributed by atoms with Crippen LogP contribution in [-0.4, -0.2) is 71.0 Å². The van der Waals surface area contributed by atoms with E-state index in [1.807, 2.05) is 0 Å². The predicted octanol–water partition coefficient (Wildman–Crippen LogP) is 1.30. The second-order valence-electron chi connectivity index (χ2n) is 7.95. The van der Waals surface area contributed by atoms with Crippen molar-refractivity contribution in [3.05, 3.63) is 53.3 Å². The first-order chi connectivity index (χ1) is 15.6. The van der Waals surface area contributed by atoms with E-state index in [0.29, 0.717) is 37.1 Å². The smallest absolute Gasteiger partial charge is 0.280 e. The highest BCUT2D eigenvalue weighted by molar-refractivity contribution is 5.94. The number of ether oxygens (including phenoxy) is 1. The zero-order valence-corrected chi connectivity index (χ0v) is 18.6. The van der Waals surface area contributed by atoms with Gasteiger partial charge in [-0.15, -0.1) is 0 Å². The molecule has 3 rings (SSSR count). The zero-order valence-electron chi connectivity index (χ0n) is 18.6. The first-order valence-electron chi connectivity index (χ1n) is 10.5. The maximum Gasteiger partial charge on any atom is 0.280 e. The van der Waals surface area contributed by atoms with Gasteiger partial charge in [0.25, 0.3) is 11.8 Å². The summed E-state index contributed by atoms with van der Waals surface area (Å²) in [6.07, 6.45) is 1.41. The molecule has 2 atom stereocenters. The minimum absolute atomic E-state index is 0.0577. The van der Waals surface area contributed by atoms with E-state index in [4.69, 9.17) is 10.5 Å². The summed E-state index contributed by atoms with van der Waals surface area (Å²) in [6, 6.07) is 7.74. The first-order valence-corrected chi connectivity index (χ1v) is 10.5. The number of aryl methyl sites for hydroxylation is 1. The zero-order chi connectivity index (χ0) is 24.0. The largest absolute Gasteiger partial charge is 0.377 e. The second kappa shape index (κ2) is 10.6. The van der Waals surface area contributed by atoms with Crippen molar-refractivity contribution in [2.45, 2.75) is 31.5 Å². The molecule has 33 heavy (non-hydrogen) atoms. The van der Waals surface area contributed by atoms with Crippen LogP contribution in [0.4, 0.5) is 8.78 Å². The number of aliphatic imine (C=N–C) groups is 1. The molecule has 0 saturated carbocycles. The van der Waals surface area contributed by atoms with Crippen molar-refractivity contribution >= 4 is 18.0 Å². The third-order valence-corrected chi connectivity index (χ3v) is 5.28. The molecule has 11 heteroatoms. The van der Waals surface area contributed by atoms with E-state index >= 15 is 0 Å². The number of hydrogen-bond acceptors (Lipinski definition) is 6. The Hall–Kier alpha value is -3.18. The van der Waals surface area contributed by atoms with Gasteiger partial charge in [0.2, 0.25) is 5.91 Å². The van der Waals surface area contributed by atoms with Crippen LogP contribution < -0.4 is 11.1 Å². The standard InChI is InChI=1S/C22H28F2N6O3/c1-22(23,24)14-27-20(25)15-3-5-16(6-4-15)21(32)26-12-18-13-33-10-9-30(18)19(31)11-17-7-8-28-29(17)2/h3-8,14,18,20H,9-13,25H2,1-2H3,(H,26,32)/b27-14+/t18-,20?/m0/s1. The van der Waals surface area contributed by atoms with Crippen LogP contribution in [0.5, 0.6) is 0 Å². The van der Waals surface area contributed by atoms with Gasteiger partial charge in [-0.25, -0.2) is 8.78 Å². The molecule has 178 valence electrons. The summed E-state index contributed by atoms with van der Waals surface area (Å²) in [5.74, 6) is -3.44. The molecule has 0 bridgehead atoms. The van der Waals surface area contributed by atoms with Crippen molar-refractivity contribution in [2.24, 2.45) is 17.8 Å². The molecule has 2 aromatic rings. The number of benzene rings is 1. The molecule has 1 fully saturated rings. The summed E-state index contributed by atoms with van der Waals surface area (Å²) >= 11 is 0. The highest BCUT2D eigenvalue weighted by Crippen LogP contribution is 2.16. The summed E-state index contributed by atoms with van der Waals surface area (Å²) in [6.45, 7) is 2.16. The van der Waals surface area contributed by atoms with E-state index in [2.05, 4.69) is 15.4 Å². The van der Waals surface area contributed by atoms with Crippen molar-refractivity contribution in [1.29, 1.82) is 0 Å². The topological polar surface area (TPSA) is 115 Å². The molecule has 0 radical (unpaired) electrons. The normalized spacial score (nSPS) is 17.8. The first kappa shape index (κ1) is 24.5. The van der Waals surface area contributed by atoms with Crippen LogP contribution >= 0.6 is 0 Å². The number of carbonyl (C=O) groups excluding carboxylic acids is 2. The average Bonchev–Trinajstić information content (AvgIpc) is 3.19. The second-order valence-corrected chi connectivity index (χ2v) is 7.95. The molecule has 0 aliphatic carbocycles. The Bertz CT molecular complexity index is 987. The fourth-order valence-corrected chi connectivity index (χ4v) is 3.42. The number of aromatic nitrogens is 2. The van der Waals surface area contributed by atoms with E-state index in [9.17, 15) is 18.4 Å². The van der Waals surface area contributed by atoms with Gasteiger partial charge in [-0.1, -0.05) is 12.1 Å². The Morgan fingerprint density at radius 2 is 2.09 bits per heavy atom. The van der Waals surface area contributed by atoms with Crippen LogP contribution in [0.15, 0.2) is 41.5 Å². The summed E-state index contributed by atoms with van der Waals surface area (Å²) in [5.41, 5.74) is 7.48. The van der Waals surface area contributed by atoms with Gasteiger partial charge in [0, 0.05) is 44.5 Å². The molecule has 0 spiro atoms. The fraction of sp³-hybridized carbons (Fsp3) is 0.455. The van der Waals surface area contributed by atoms with Gasteiger partial charge in [0.1, 0.15) is 6.17 Å². The number of rotatable bonds is 8. The maximum absolute atomic E-state index is 12.9. The van der Waals surface area contributed by atoms with Gasteiger partial charge in [0.15, 0.2) is 0 Å². The maximum atomic E-state index is 12.9. The van der Waals surface area contributed by atoms with Gasteiger partial charge in [-0.3, -0.25) is 19.3 Å². The van der Waals surface area contributed by atoms with Gasteiger partial charge in [-0.2, -0.15) is 5.10 Å². The molecular formula is C22H28F2N6O3. The Balaban J connectivity index is 1.56. The van der Waals surface area contributed by atoms with Crippen LogP contribution in [0, 0.1) is 0 Å². The van der Waals surface area contributed by atoms with E-state index in [-0.39, 0.29) is 30.8 Å². The molecule has 2 amide bonds. The molecule has 1 unspecified atom stereocenters. The summed E-state index contributed by atoms with van der Waals surface area (Å²) < 4.78 is 33.0. The molecule has 1 aliphatic heterocycles. The summed E-state index contributed by atoms with van der Waals surface area (Å²) in [4.78, 5) is 30.7. The van der Waals surface area contributed by atoms with Crippen molar-refractivity contribution < 1.29 is 23.1 Å². The van der Waals surface area contributed by atoms with E-state index in [1.165, 1.54) is 0 Å². The number of nitrogens with two attached hydrogens (primary N) is 1. The average molecular weight is 463 g/mol. The Morgan fingerprint density at radius 3 is 2.73 bits per heavy atom. The number of alkyl halides is 2. The quantitative estimate of drug-likeness (QED) is 0.574. The van der Waals surface area contributed by atoms with Crippen molar-refractivity contribution in [3.63, 3.8) is 0 Å². The Kier molecular flexibility index (Phi) is 7.88. The minimum Gasteiger partial charge on any atom is -0.377 e. The fourth-order valence-electron chi connectivity index (χ4n) is 3.42. The Morgan fingerprint density at radius 1 is 1.36 bits per heavy atom. The molecule has 3 N–H and O–H groups in total. The lowest BCUT2D eigenvalue weighted by Crippen LogP contribution is -2.54. The van der Waals surface area contributed by atoms with Gasteiger partial charge in [-0.05, 0) is 23.8 Å². The van der Waals surface area contributed by atoms with Gasteiger partial charge >= 0.3 is 0 Å². The van der Waals surface area contributed by atoms with Crippen molar-refractivity contribution in [1.82, 2.24) is 20.0 Å². The molecule has 1 saturated heterocycles. The highest BCUT2D eigenvalue weighted by Gasteiger charge is 2.28. The number of halogens is 2. The van der Waals surface area contributed by atoms with Gasteiger partial charge in [0.05, 0.1) is 31.9 Å². The van der Waals surface area contributed by atoms with Crippen molar-refractivity contribution in [2.75, 3.05) is 26.3 Å². The SMILES string of the molecule is Cn1nccc1CC(=O)N1CCOC[C@@H]1CNC(=O)c1ccc(C(N)/N=C/C(C)(F)F)cc1. The number of carbonyl (C=O) groups is 2. The molecule has 2 heterocycles. The van der Waals surface area contributed by atoms with E-state index in [1.54, 1.807) is 53.2 Å². The Labute approximate surface area is 190 Å². The highest BCUT2D eigenvalue weighted by atomic mass is 19.3. The number of amides is 2. The molecule has 1 aliphatic rings. The van der Waals surface area contributed by atoms with Crippen LogP contribution in [0.2, 0.25) is 0 Å². The van der Waals surface area contributed by atoms with Crippen LogP contribution in [0.3, 0.4) is 0 Å². The monoisotopic (exact) mass is 462 g/mol. The van der Waals surface area contributed by atoms with E-state index < -0.39 is 12.1 Å². The molecule has 1 aromatic heterocycles. The number of morpholine rings is 1. The summed E-state index contributed by atoms with van der Waals surface area (Å²) in [7, 11) is 1.78. The third kappa shape index (κ3) is 6.90. The predicted molar refractivity (Wildman–Crippen MR) is 118 cm³/mol. The van der Waals surface area contributed by atoms with Crippen LogP contribution in [0.1, 0.15) is 34.7 Å². The van der Waals surface area contributed by atoms with Crippen molar-refractivity contribution in [3.8, 4) is 0 Å². The number of nitrogens with zero attached hydrogens (tertiary/aromatic N) is 4. The van der Waals surface area contributed by atoms with Crippen LogP contribution in [0.25, 0.3) is 0 Å². The number of nitrogens with one attached hydrogen (secondary N) is 1. The van der Waals surface area contributed by atoms with Gasteiger partial charge < -0.3 is 20.7 Å². The minimum atomic E-state index is -3.05. The lowest BCUT2D eigenvalue weighted by atomic mass is 10.1. The molecule has 1 aromatic carbocycles. The van der Waals surface area contributed by atoms with Crippen LogP contribution in [-0.2, 0) is 23.0 Å². The third-order valence-electron chi connectivity index (χ3n) is 5.28. The number of hydrogen-bond donors (Lipinski definition) is 2. The molecule has 9 nitrogen and oxygen atoms in total. The summed E-state index contributed by atoms with van der Waals surface area (Å²) in [5, 5.41) is 6.91. The molecular weight excluding hydrogens is 434 g/mol. The lowest BCUT2D eigenvalue weighted by Gasteiger charge is -2.35.